The first kappa shape index (κ1) is 11.2. The first-order valence-corrected chi connectivity index (χ1v) is 6.70. The van der Waals surface area contributed by atoms with Crippen molar-refractivity contribution in [2.75, 3.05) is 13.2 Å². The number of piperidine rings is 1. The highest BCUT2D eigenvalue weighted by molar-refractivity contribution is 5.15. The van der Waals surface area contributed by atoms with Crippen LogP contribution in [-0.4, -0.2) is 30.2 Å². The number of hydrogen-bond donors (Lipinski definition) is 0. The number of rotatable bonds is 2. The van der Waals surface area contributed by atoms with Gasteiger partial charge in [0.25, 0.3) is 0 Å². The molecule has 2 aliphatic rings. The Morgan fingerprint density at radius 1 is 1.12 bits per heavy atom. The summed E-state index contributed by atoms with van der Waals surface area (Å²) >= 11 is 0. The Morgan fingerprint density at radius 3 is 2.41 bits per heavy atom. The highest BCUT2D eigenvalue weighted by Crippen LogP contribution is 2.32. The molecule has 2 nitrogen and oxygen atoms in total. The van der Waals surface area contributed by atoms with Crippen molar-refractivity contribution in [3.63, 3.8) is 0 Å². The number of ether oxygens (including phenoxy) is 1. The lowest BCUT2D eigenvalue weighted by atomic mass is 9.86. The SMILES string of the molecule is CC1CC2COCC(C1)N2Cc1ccccc1. The summed E-state index contributed by atoms with van der Waals surface area (Å²) in [5, 5.41) is 0. The fourth-order valence-electron chi connectivity index (χ4n) is 3.31. The largest absolute Gasteiger partial charge is 0.378 e. The number of morpholine rings is 1. The van der Waals surface area contributed by atoms with E-state index in [9.17, 15) is 0 Å². The first-order valence-electron chi connectivity index (χ1n) is 6.70. The van der Waals surface area contributed by atoms with E-state index in [0.29, 0.717) is 12.1 Å². The van der Waals surface area contributed by atoms with Crippen molar-refractivity contribution in [2.24, 2.45) is 5.92 Å². The van der Waals surface area contributed by atoms with Gasteiger partial charge in [-0.15, -0.1) is 0 Å². The van der Waals surface area contributed by atoms with E-state index in [2.05, 4.69) is 42.2 Å². The zero-order valence-corrected chi connectivity index (χ0v) is 10.5. The summed E-state index contributed by atoms with van der Waals surface area (Å²) < 4.78 is 5.71. The Morgan fingerprint density at radius 2 is 1.76 bits per heavy atom. The van der Waals surface area contributed by atoms with Crippen LogP contribution in [0.4, 0.5) is 0 Å². The predicted octanol–water partition coefficient (Wildman–Crippen LogP) is 2.69. The molecule has 2 unspecified atom stereocenters. The van der Waals surface area contributed by atoms with Gasteiger partial charge in [-0.05, 0) is 24.3 Å². The van der Waals surface area contributed by atoms with Crippen LogP contribution in [0.2, 0.25) is 0 Å². The first-order chi connectivity index (χ1) is 8.33. The molecule has 0 N–H and O–H groups in total. The van der Waals surface area contributed by atoms with Crippen molar-refractivity contribution in [2.45, 2.75) is 38.4 Å². The Kier molecular flexibility index (Phi) is 3.17. The van der Waals surface area contributed by atoms with Crippen molar-refractivity contribution in [3.8, 4) is 0 Å². The number of hydrogen-bond acceptors (Lipinski definition) is 2. The Labute approximate surface area is 104 Å². The summed E-state index contributed by atoms with van der Waals surface area (Å²) in [6, 6.07) is 12.1. The van der Waals surface area contributed by atoms with Gasteiger partial charge in [0.05, 0.1) is 13.2 Å². The van der Waals surface area contributed by atoms with Crippen LogP contribution in [0.3, 0.4) is 0 Å². The second kappa shape index (κ2) is 4.79. The third-order valence-electron chi connectivity index (χ3n) is 4.12. The third kappa shape index (κ3) is 2.38. The van der Waals surface area contributed by atoms with Crippen molar-refractivity contribution in [1.82, 2.24) is 4.90 Å². The molecule has 2 heteroatoms. The van der Waals surface area contributed by atoms with Crippen LogP contribution in [0.5, 0.6) is 0 Å². The van der Waals surface area contributed by atoms with Crippen LogP contribution in [0.1, 0.15) is 25.3 Å². The molecule has 2 atom stereocenters. The molecule has 92 valence electrons. The average Bonchev–Trinajstić information content (AvgIpc) is 2.32. The highest BCUT2D eigenvalue weighted by atomic mass is 16.5. The number of benzene rings is 1. The van der Waals surface area contributed by atoms with Crippen molar-refractivity contribution >= 4 is 0 Å². The summed E-state index contributed by atoms with van der Waals surface area (Å²) in [6.07, 6.45) is 2.59. The van der Waals surface area contributed by atoms with Crippen molar-refractivity contribution < 1.29 is 4.74 Å². The van der Waals surface area contributed by atoms with Gasteiger partial charge in [-0.25, -0.2) is 0 Å². The van der Waals surface area contributed by atoms with E-state index in [1.807, 2.05) is 0 Å². The molecule has 0 aromatic heterocycles. The molecule has 0 radical (unpaired) electrons. The highest BCUT2D eigenvalue weighted by Gasteiger charge is 2.37. The minimum absolute atomic E-state index is 0.637. The predicted molar refractivity (Wildman–Crippen MR) is 68.8 cm³/mol. The molecule has 1 aromatic carbocycles. The lowest BCUT2D eigenvalue weighted by Crippen LogP contribution is -2.55. The fraction of sp³-hybridized carbons (Fsp3) is 0.600. The van der Waals surface area contributed by atoms with Gasteiger partial charge in [0.1, 0.15) is 0 Å². The topological polar surface area (TPSA) is 12.5 Å². The van der Waals surface area contributed by atoms with Gasteiger partial charge in [0.2, 0.25) is 0 Å². The van der Waals surface area contributed by atoms with Crippen molar-refractivity contribution in [3.05, 3.63) is 35.9 Å². The standard InChI is InChI=1S/C15H21NO/c1-12-7-14-10-17-11-15(8-12)16(14)9-13-5-3-2-4-6-13/h2-6,12,14-15H,7-11H2,1H3. The Bertz CT molecular complexity index is 350. The van der Waals surface area contributed by atoms with Gasteiger partial charge < -0.3 is 4.74 Å². The maximum Gasteiger partial charge on any atom is 0.0623 e. The number of nitrogens with zero attached hydrogens (tertiary/aromatic N) is 1. The van der Waals surface area contributed by atoms with Crippen LogP contribution in [0.25, 0.3) is 0 Å². The lowest BCUT2D eigenvalue weighted by molar-refractivity contribution is -0.0896. The van der Waals surface area contributed by atoms with E-state index < -0.39 is 0 Å². The molecule has 0 spiro atoms. The molecule has 2 aliphatic heterocycles. The summed E-state index contributed by atoms with van der Waals surface area (Å²) in [5.41, 5.74) is 1.43. The zero-order chi connectivity index (χ0) is 11.7. The summed E-state index contributed by atoms with van der Waals surface area (Å²) in [6.45, 7) is 5.32. The molecule has 0 aliphatic carbocycles. The molecule has 1 aromatic rings. The van der Waals surface area contributed by atoms with Crippen LogP contribution in [0, 0.1) is 5.92 Å². The molecule has 0 amide bonds. The molecule has 2 fully saturated rings. The van der Waals surface area contributed by atoms with Gasteiger partial charge in [-0.1, -0.05) is 37.3 Å². The van der Waals surface area contributed by atoms with Crippen molar-refractivity contribution in [1.29, 1.82) is 0 Å². The molecule has 0 saturated carbocycles. The fourth-order valence-corrected chi connectivity index (χ4v) is 3.31. The molecule has 3 rings (SSSR count). The minimum Gasteiger partial charge on any atom is -0.378 e. The van der Waals surface area contributed by atoms with Gasteiger partial charge in [-0.2, -0.15) is 0 Å². The molecular weight excluding hydrogens is 210 g/mol. The second-order valence-corrected chi connectivity index (χ2v) is 5.58. The maximum atomic E-state index is 5.71. The second-order valence-electron chi connectivity index (χ2n) is 5.58. The molecule has 2 saturated heterocycles. The van der Waals surface area contributed by atoms with Gasteiger partial charge >= 0.3 is 0 Å². The van der Waals surface area contributed by atoms with Gasteiger partial charge in [-0.3, -0.25) is 4.90 Å². The van der Waals surface area contributed by atoms with Crippen LogP contribution in [0.15, 0.2) is 30.3 Å². The Balaban J connectivity index is 1.74. The van der Waals surface area contributed by atoms with Crippen LogP contribution >= 0.6 is 0 Å². The zero-order valence-electron chi connectivity index (χ0n) is 10.5. The van der Waals surface area contributed by atoms with E-state index in [1.54, 1.807) is 0 Å². The van der Waals surface area contributed by atoms with E-state index in [-0.39, 0.29) is 0 Å². The normalized spacial score (nSPS) is 33.6. The molecule has 2 heterocycles. The van der Waals surface area contributed by atoms with E-state index >= 15 is 0 Å². The third-order valence-corrected chi connectivity index (χ3v) is 4.12. The summed E-state index contributed by atoms with van der Waals surface area (Å²) in [5.74, 6) is 0.862. The van der Waals surface area contributed by atoms with E-state index in [1.165, 1.54) is 18.4 Å². The molecule has 17 heavy (non-hydrogen) atoms. The Hall–Kier alpha value is -0.860. The maximum absolute atomic E-state index is 5.71. The minimum atomic E-state index is 0.637. The quantitative estimate of drug-likeness (QED) is 0.776. The smallest absolute Gasteiger partial charge is 0.0623 e. The van der Waals surface area contributed by atoms with E-state index in [0.717, 1.165) is 25.7 Å². The van der Waals surface area contributed by atoms with Gasteiger partial charge in [0.15, 0.2) is 0 Å². The monoisotopic (exact) mass is 231 g/mol. The lowest BCUT2D eigenvalue weighted by Gasteiger charge is -2.48. The van der Waals surface area contributed by atoms with Crippen LogP contribution in [-0.2, 0) is 11.3 Å². The summed E-state index contributed by atoms with van der Waals surface area (Å²) in [7, 11) is 0. The van der Waals surface area contributed by atoms with Crippen LogP contribution < -0.4 is 0 Å². The van der Waals surface area contributed by atoms with Gasteiger partial charge in [0, 0.05) is 18.6 Å². The molecule has 2 bridgehead atoms. The number of fused-ring (bicyclic) bond motifs is 2. The summed E-state index contributed by atoms with van der Waals surface area (Å²) in [4.78, 5) is 2.67. The molecular formula is C15H21NO. The average molecular weight is 231 g/mol. The van der Waals surface area contributed by atoms with E-state index in [4.69, 9.17) is 4.74 Å².